The zero-order valence-electron chi connectivity index (χ0n) is 9.80. The van der Waals surface area contributed by atoms with Gasteiger partial charge in [0.05, 0.1) is 31.2 Å². The van der Waals surface area contributed by atoms with Crippen molar-refractivity contribution in [2.24, 2.45) is 11.8 Å². The lowest BCUT2D eigenvalue weighted by atomic mass is 10.2. The van der Waals surface area contributed by atoms with Gasteiger partial charge in [-0.2, -0.15) is 0 Å². The Hall–Kier alpha value is -1.14. The predicted molar refractivity (Wildman–Crippen MR) is 57.4 cm³/mol. The van der Waals surface area contributed by atoms with Gasteiger partial charge < -0.3 is 19.5 Å². The van der Waals surface area contributed by atoms with Crippen LogP contribution in [0.2, 0.25) is 0 Å². The number of carboxylic acid groups (broad SMARTS) is 1. The van der Waals surface area contributed by atoms with E-state index in [2.05, 4.69) is 0 Å². The molecule has 2 aliphatic rings. The third kappa shape index (κ3) is 2.76. The van der Waals surface area contributed by atoms with Crippen LogP contribution >= 0.6 is 0 Å². The van der Waals surface area contributed by atoms with E-state index in [1.807, 2.05) is 0 Å². The summed E-state index contributed by atoms with van der Waals surface area (Å²) in [6, 6.07) is 0. The van der Waals surface area contributed by atoms with Crippen molar-refractivity contribution < 1.29 is 24.2 Å². The summed E-state index contributed by atoms with van der Waals surface area (Å²) in [5, 5.41) is 8.79. The van der Waals surface area contributed by atoms with Crippen molar-refractivity contribution in [2.75, 3.05) is 33.4 Å². The third-order valence-electron chi connectivity index (χ3n) is 3.23. The number of carboxylic acids is 1. The Morgan fingerprint density at radius 2 is 2.24 bits per heavy atom. The SMILES string of the molecule is COC[C@@H]1CN(C(=O)[C@H]2C[C@H]2C(=O)O)CCO1. The second-order valence-electron chi connectivity index (χ2n) is 4.52. The van der Waals surface area contributed by atoms with Crippen LogP contribution in [0.1, 0.15) is 6.42 Å². The van der Waals surface area contributed by atoms with Crippen molar-refractivity contribution in [1.82, 2.24) is 4.90 Å². The Kier molecular flexibility index (Phi) is 3.63. The maximum atomic E-state index is 12.0. The summed E-state index contributed by atoms with van der Waals surface area (Å²) in [5.74, 6) is -1.73. The Bertz CT molecular complexity index is 317. The maximum absolute atomic E-state index is 12.0. The fourth-order valence-corrected chi connectivity index (χ4v) is 2.18. The zero-order valence-corrected chi connectivity index (χ0v) is 9.80. The molecule has 17 heavy (non-hydrogen) atoms. The Labute approximate surface area is 99.5 Å². The lowest BCUT2D eigenvalue weighted by Gasteiger charge is -2.32. The number of amides is 1. The van der Waals surface area contributed by atoms with Gasteiger partial charge in [-0.3, -0.25) is 9.59 Å². The molecule has 1 N–H and O–H groups in total. The number of hydrogen-bond acceptors (Lipinski definition) is 4. The highest BCUT2D eigenvalue weighted by molar-refractivity contribution is 5.89. The van der Waals surface area contributed by atoms with Crippen LogP contribution in [0.15, 0.2) is 0 Å². The number of carbonyl (C=O) groups is 2. The normalized spacial score (nSPS) is 32.3. The molecule has 0 aromatic heterocycles. The maximum Gasteiger partial charge on any atom is 0.307 e. The number of aliphatic carboxylic acids is 1. The first-order chi connectivity index (χ1) is 8.13. The van der Waals surface area contributed by atoms with Crippen molar-refractivity contribution in [1.29, 1.82) is 0 Å². The molecule has 1 aliphatic carbocycles. The standard InChI is InChI=1S/C11H17NO5/c1-16-6-7-5-12(2-3-17-7)10(13)8-4-9(8)11(14)15/h7-9H,2-6H2,1H3,(H,14,15)/t7-,8-,9+/m0/s1. The van der Waals surface area contributed by atoms with E-state index in [0.717, 1.165) is 0 Å². The average Bonchev–Trinajstić information content (AvgIpc) is 3.09. The fourth-order valence-electron chi connectivity index (χ4n) is 2.18. The van der Waals surface area contributed by atoms with Gasteiger partial charge in [-0.1, -0.05) is 0 Å². The first-order valence-corrected chi connectivity index (χ1v) is 5.75. The van der Waals surface area contributed by atoms with Crippen molar-refractivity contribution in [2.45, 2.75) is 12.5 Å². The molecule has 1 saturated heterocycles. The van der Waals surface area contributed by atoms with Crippen LogP contribution in [-0.4, -0.2) is 61.4 Å². The van der Waals surface area contributed by atoms with Gasteiger partial charge in [0.15, 0.2) is 0 Å². The van der Waals surface area contributed by atoms with Crippen molar-refractivity contribution in [3.8, 4) is 0 Å². The first-order valence-electron chi connectivity index (χ1n) is 5.75. The molecule has 2 rings (SSSR count). The lowest BCUT2D eigenvalue weighted by molar-refractivity contribution is -0.146. The summed E-state index contributed by atoms with van der Waals surface area (Å²) in [5.41, 5.74) is 0. The van der Waals surface area contributed by atoms with Crippen molar-refractivity contribution in [3.63, 3.8) is 0 Å². The predicted octanol–water partition coefficient (Wildman–Crippen LogP) is -0.419. The molecule has 0 aromatic rings. The fraction of sp³-hybridized carbons (Fsp3) is 0.818. The van der Waals surface area contributed by atoms with Crippen LogP contribution in [0.5, 0.6) is 0 Å². The highest BCUT2D eigenvalue weighted by Gasteiger charge is 2.50. The number of carbonyl (C=O) groups excluding carboxylic acids is 1. The smallest absolute Gasteiger partial charge is 0.307 e. The van der Waals surface area contributed by atoms with Gasteiger partial charge in [-0.15, -0.1) is 0 Å². The lowest BCUT2D eigenvalue weighted by Crippen LogP contribution is -2.48. The third-order valence-corrected chi connectivity index (χ3v) is 3.23. The molecule has 1 aliphatic heterocycles. The minimum absolute atomic E-state index is 0.0539. The molecular weight excluding hydrogens is 226 g/mol. The molecule has 0 radical (unpaired) electrons. The molecular formula is C11H17NO5. The second-order valence-corrected chi connectivity index (χ2v) is 4.52. The second kappa shape index (κ2) is 5.01. The van der Waals surface area contributed by atoms with Crippen LogP contribution in [0.4, 0.5) is 0 Å². The largest absolute Gasteiger partial charge is 0.481 e. The molecule has 0 spiro atoms. The van der Waals surface area contributed by atoms with Crippen LogP contribution in [0, 0.1) is 11.8 Å². The van der Waals surface area contributed by atoms with Gasteiger partial charge in [-0.05, 0) is 6.42 Å². The van der Waals surface area contributed by atoms with E-state index in [4.69, 9.17) is 14.6 Å². The average molecular weight is 243 g/mol. The summed E-state index contributed by atoms with van der Waals surface area (Å²) in [4.78, 5) is 24.4. The number of methoxy groups -OCH3 is 1. The van der Waals surface area contributed by atoms with E-state index < -0.39 is 11.9 Å². The van der Waals surface area contributed by atoms with E-state index in [-0.39, 0.29) is 17.9 Å². The van der Waals surface area contributed by atoms with Gasteiger partial charge >= 0.3 is 5.97 Å². The molecule has 0 unspecified atom stereocenters. The highest BCUT2D eigenvalue weighted by atomic mass is 16.5. The van der Waals surface area contributed by atoms with Gasteiger partial charge in [0.25, 0.3) is 0 Å². The molecule has 1 heterocycles. The van der Waals surface area contributed by atoms with Gasteiger partial charge in [0.2, 0.25) is 5.91 Å². The monoisotopic (exact) mass is 243 g/mol. The number of rotatable bonds is 4. The molecule has 0 aromatic carbocycles. The highest BCUT2D eigenvalue weighted by Crippen LogP contribution is 2.40. The Balaban J connectivity index is 1.85. The molecule has 2 fully saturated rings. The number of hydrogen-bond donors (Lipinski definition) is 1. The van der Waals surface area contributed by atoms with E-state index in [1.165, 1.54) is 0 Å². The van der Waals surface area contributed by atoms with Crippen molar-refractivity contribution in [3.05, 3.63) is 0 Å². The first kappa shape index (κ1) is 12.3. The van der Waals surface area contributed by atoms with Crippen LogP contribution in [0.25, 0.3) is 0 Å². The Morgan fingerprint density at radius 1 is 1.47 bits per heavy atom. The van der Waals surface area contributed by atoms with E-state index in [1.54, 1.807) is 12.0 Å². The Morgan fingerprint density at radius 3 is 2.82 bits per heavy atom. The molecule has 6 nitrogen and oxygen atoms in total. The van der Waals surface area contributed by atoms with Gasteiger partial charge in [-0.25, -0.2) is 0 Å². The summed E-state index contributed by atoms with van der Waals surface area (Å²) < 4.78 is 10.4. The van der Waals surface area contributed by atoms with Gasteiger partial charge in [0, 0.05) is 20.2 Å². The minimum atomic E-state index is -0.870. The molecule has 96 valence electrons. The number of nitrogens with zero attached hydrogens (tertiary/aromatic N) is 1. The quantitative estimate of drug-likeness (QED) is 0.725. The van der Waals surface area contributed by atoms with Gasteiger partial charge in [0.1, 0.15) is 0 Å². The minimum Gasteiger partial charge on any atom is -0.481 e. The summed E-state index contributed by atoms with van der Waals surface area (Å²) in [7, 11) is 1.59. The summed E-state index contributed by atoms with van der Waals surface area (Å²) in [6.45, 7) is 1.98. The van der Waals surface area contributed by atoms with Crippen LogP contribution in [-0.2, 0) is 19.1 Å². The van der Waals surface area contributed by atoms with E-state index in [9.17, 15) is 9.59 Å². The zero-order chi connectivity index (χ0) is 12.4. The van der Waals surface area contributed by atoms with Crippen molar-refractivity contribution >= 4 is 11.9 Å². The number of morpholine rings is 1. The number of ether oxygens (including phenoxy) is 2. The van der Waals surface area contributed by atoms with E-state index in [0.29, 0.717) is 32.7 Å². The van der Waals surface area contributed by atoms with Crippen LogP contribution < -0.4 is 0 Å². The molecule has 1 saturated carbocycles. The topological polar surface area (TPSA) is 76.1 Å². The molecule has 3 atom stereocenters. The molecule has 1 amide bonds. The molecule has 0 bridgehead atoms. The van der Waals surface area contributed by atoms with E-state index >= 15 is 0 Å². The molecule has 6 heteroatoms. The summed E-state index contributed by atoms with van der Waals surface area (Å²) in [6.07, 6.45) is 0.375. The van der Waals surface area contributed by atoms with Crippen LogP contribution in [0.3, 0.4) is 0 Å². The summed E-state index contributed by atoms with van der Waals surface area (Å²) >= 11 is 0.